The topological polar surface area (TPSA) is 98.2 Å². The molecule has 2 N–H and O–H groups in total. The van der Waals surface area contributed by atoms with Crippen LogP contribution in [0.15, 0.2) is 70.6 Å². The van der Waals surface area contributed by atoms with Crippen LogP contribution in [0, 0.1) is 13.8 Å². The van der Waals surface area contributed by atoms with Crippen LogP contribution in [0.1, 0.15) is 11.1 Å². The zero-order chi connectivity index (χ0) is 26.1. The molecule has 0 aliphatic rings. The number of para-hydroxylation sites is 1. The third kappa shape index (κ3) is 4.77. The molecule has 0 spiro atoms. The number of thioether (sulfide) groups is 1. The van der Waals surface area contributed by atoms with Gasteiger partial charge in [0.2, 0.25) is 5.91 Å². The quantitative estimate of drug-likeness (QED) is 0.228. The number of amides is 1. The number of carbonyl (C=O) groups excluding carboxylic acids is 1. The van der Waals surface area contributed by atoms with Gasteiger partial charge in [-0.2, -0.15) is 0 Å². The highest BCUT2D eigenvalue weighted by Gasteiger charge is 2.19. The van der Waals surface area contributed by atoms with Gasteiger partial charge in [0.25, 0.3) is 5.56 Å². The summed E-state index contributed by atoms with van der Waals surface area (Å²) in [5.74, 6) is 0.898. The molecule has 1 amide bonds. The van der Waals surface area contributed by atoms with Gasteiger partial charge in [0.15, 0.2) is 5.16 Å². The summed E-state index contributed by atoms with van der Waals surface area (Å²) < 4.78 is 12.2. The first-order valence-corrected chi connectivity index (χ1v) is 12.6. The first-order chi connectivity index (χ1) is 17.9. The lowest BCUT2D eigenvalue weighted by Crippen LogP contribution is -2.23. The van der Waals surface area contributed by atoms with Crippen LogP contribution in [0.2, 0.25) is 0 Å². The van der Waals surface area contributed by atoms with Gasteiger partial charge in [-0.1, -0.05) is 36.0 Å². The summed E-state index contributed by atoms with van der Waals surface area (Å²) in [4.78, 5) is 34.8. The normalized spacial score (nSPS) is 11.1. The second-order valence-corrected chi connectivity index (χ2v) is 9.62. The van der Waals surface area contributed by atoms with Crippen LogP contribution >= 0.6 is 11.8 Å². The summed E-state index contributed by atoms with van der Waals surface area (Å²) in [5, 5.41) is 4.17. The highest BCUT2D eigenvalue weighted by atomic mass is 32.2. The van der Waals surface area contributed by atoms with E-state index < -0.39 is 0 Å². The first-order valence-electron chi connectivity index (χ1n) is 11.6. The number of aromatic amines is 1. The minimum atomic E-state index is -0.256. The summed E-state index contributed by atoms with van der Waals surface area (Å²) in [7, 11) is 3.10. The smallest absolute Gasteiger partial charge is 0.283 e. The highest BCUT2D eigenvalue weighted by molar-refractivity contribution is 7.99. The van der Waals surface area contributed by atoms with Crippen molar-refractivity contribution in [1.82, 2.24) is 14.5 Å². The Kier molecular flexibility index (Phi) is 6.62. The molecule has 0 atom stereocenters. The minimum absolute atomic E-state index is 0.0419. The molecule has 5 aromatic rings. The third-order valence-electron chi connectivity index (χ3n) is 5.97. The fourth-order valence-corrected chi connectivity index (χ4v) is 5.17. The number of ether oxygens (including phenoxy) is 2. The van der Waals surface area contributed by atoms with Gasteiger partial charge >= 0.3 is 0 Å². The highest BCUT2D eigenvalue weighted by Crippen LogP contribution is 2.30. The zero-order valence-corrected chi connectivity index (χ0v) is 21.7. The van der Waals surface area contributed by atoms with Crippen molar-refractivity contribution in [3.05, 3.63) is 82.1 Å². The van der Waals surface area contributed by atoms with Crippen LogP contribution < -0.4 is 20.3 Å². The molecule has 0 aliphatic carbocycles. The van der Waals surface area contributed by atoms with Gasteiger partial charge in [0, 0.05) is 17.0 Å². The summed E-state index contributed by atoms with van der Waals surface area (Å²) in [6.07, 6.45) is 0. The Morgan fingerprint density at radius 2 is 1.78 bits per heavy atom. The van der Waals surface area contributed by atoms with Crippen LogP contribution in [-0.4, -0.2) is 40.4 Å². The lowest BCUT2D eigenvalue weighted by molar-refractivity contribution is -0.113. The number of aryl methyl sites for hydroxylation is 2. The molecule has 0 saturated heterocycles. The number of nitrogens with zero attached hydrogens (tertiary/aromatic N) is 2. The van der Waals surface area contributed by atoms with E-state index in [0.717, 1.165) is 22.0 Å². The SMILES string of the molecule is COc1ccc(NC(=O)CSc2nc3c([nH]c4ccccc43)c(=O)n2-c2cc(C)cc(C)c2)c(OC)c1. The van der Waals surface area contributed by atoms with Gasteiger partial charge in [-0.3, -0.25) is 14.2 Å². The average Bonchev–Trinajstić information content (AvgIpc) is 3.26. The molecule has 0 saturated carbocycles. The zero-order valence-electron chi connectivity index (χ0n) is 20.9. The standard InChI is InChI=1S/C28H26N4O4S/c1-16-11-17(2)13-18(12-16)32-27(34)26-25(20-7-5-6-8-21(20)30-26)31-28(32)37-15-24(33)29-22-10-9-19(35-3)14-23(22)36-4/h5-14,30H,15H2,1-4H3,(H,29,33). The third-order valence-corrected chi connectivity index (χ3v) is 6.91. The lowest BCUT2D eigenvalue weighted by Gasteiger charge is -2.14. The molecule has 8 nitrogen and oxygen atoms in total. The van der Waals surface area contributed by atoms with Crippen molar-refractivity contribution in [1.29, 1.82) is 0 Å². The number of rotatable bonds is 7. The fraction of sp³-hybridized carbons (Fsp3) is 0.179. The number of aromatic nitrogens is 3. The monoisotopic (exact) mass is 514 g/mol. The van der Waals surface area contributed by atoms with E-state index in [2.05, 4.69) is 10.3 Å². The molecule has 0 bridgehead atoms. The maximum absolute atomic E-state index is 13.8. The van der Waals surface area contributed by atoms with E-state index in [1.807, 2.05) is 56.3 Å². The molecule has 0 unspecified atom stereocenters. The lowest BCUT2D eigenvalue weighted by atomic mass is 10.1. The number of hydrogen-bond acceptors (Lipinski definition) is 6. The predicted octanol–water partition coefficient (Wildman–Crippen LogP) is 5.23. The number of carbonyl (C=O) groups is 1. The second-order valence-electron chi connectivity index (χ2n) is 8.68. The Hall–Kier alpha value is -4.24. The molecular weight excluding hydrogens is 488 g/mol. The number of anilines is 1. The molecule has 2 heterocycles. The maximum atomic E-state index is 13.8. The van der Waals surface area contributed by atoms with E-state index in [1.54, 1.807) is 29.9 Å². The van der Waals surface area contributed by atoms with E-state index in [-0.39, 0.29) is 17.2 Å². The Labute approximate surface area is 217 Å². The molecule has 3 aromatic carbocycles. The van der Waals surface area contributed by atoms with Crippen LogP contribution in [0.3, 0.4) is 0 Å². The predicted molar refractivity (Wildman–Crippen MR) is 148 cm³/mol. The molecule has 9 heteroatoms. The maximum Gasteiger partial charge on any atom is 0.283 e. The van der Waals surface area contributed by atoms with Gasteiger partial charge in [0.1, 0.15) is 22.5 Å². The van der Waals surface area contributed by atoms with Gasteiger partial charge in [-0.05, 0) is 55.3 Å². The van der Waals surface area contributed by atoms with E-state index in [0.29, 0.717) is 39.1 Å². The van der Waals surface area contributed by atoms with Crippen molar-refractivity contribution in [2.45, 2.75) is 19.0 Å². The molecule has 2 aromatic heterocycles. The summed E-state index contributed by atoms with van der Waals surface area (Å²) in [5.41, 5.74) is 4.92. The summed E-state index contributed by atoms with van der Waals surface area (Å²) >= 11 is 1.20. The van der Waals surface area contributed by atoms with Crippen LogP contribution in [0.25, 0.3) is 27.6 Å². The van der Waals surface area contributed by atoms with E-state index in [9.17, 15) is 9.59 Å². The molecule has 5 rings (SSSR count). The van der Waals surface area contributed by atoms with Crippen LogP contribution in [0.5, 0.6) is 11.5 Å². The summed E-state index contributed by atoms with van der Waals surface area (Å²) in [6.45, 7) is 3.97. The second kappa shape index (κ2) is 10.0. The largest absolute Gasteiger partial charge is 0.497 e. The van der Waals surface area contributed by atoms with Gasteiger partial charge in [-0.15, -0.1) is 0 Å². The van der Waals surface area contributed by atoms with E-state index in [1.165, 1.54) is 18.9 Å². The van der Waals surface area contributed by atoms with E-state index in [4.69, 9.17) is 14.5 Å². The first kappa shape index (κ1) is 24.5. The van der Waals surface area contributed by atoms with Crippen LogP contribution in [0.4, 0.5) is 5.69 Å². The van der Waals surface area contributed by atoms with Crippen molar-refractivity contribution < 1.29 is 14.3 Å². The number of hydrogen-bond donors (Lipinski definition) is 2. The van der Waals surface area contributed by atoms with Gasteiger partial charge < -0.3 is 19.8 Å². The van der Waals surface area contributed by atoms with Gasteiger partial charge in [-0.25, -0.2) is 4.98 Å². The van der Waals surface area contributed by atoms with E-state index >= 15 is 0 Å². The van der Waals surface area contributed by atoms with Crippen molar-refractivity contribution >= 4 is 45.3 Å². The van der Waals surface area contributed by atoms with Crippen LogP contribution in [-0.2, 0) is 4.79 Å². The molecule has 188 valence electrons. The Bertz CT molecular complexity index is 1690. The molecule has 0 radical (unpaired) electrons. The Balaban J connectivity index is 1.54. The molecule has 0 aliphatic heterocycles. The van der Waals surface area contributed by atoms with Crippen molar-refractivity contribution in [2.75, 3.05) is 25.3 Å². The van der Waals surface area contributed by atoms with Crippen molar-refractivity contribution in [2.24, 2.45) is 0 Å². The number of benzene rings is 3. The Morgan fingerprint density at radius 3 is 2.51 bits per heavy atom. The Morgan fingerprint density at radius 1 is 1.03 bits per heavy atom. The van der Waals surface area contributed by atoms with Gasteiger partial charge in [0.05, 0.1) is 31.3 Å². The molecular formula is C28H26N4O4S. The number of nitrogens with one attached hydrogen (secondary N) is 2. The van der Waals surface area contributed by atoms with Crippen molar-refractivity contribution in [3.8, 4) is 17.2 Å². The number of H-pyrrole nitrogens is 1. The fourth-order valence-electron chi connectivity index (χ4n) is 4.36. The number of methoxy groups -OCH3 is 2. The average molecular weight is 515 g/mol. The molecule has 0 fully saturated rings. The molecule has 37 heavy (non-hydrogen) atoms. The number of fused-ring (bicyclic) bond motifs is 3. The summed E-state index contributed by atoms with van der Waals surface area (Å²) in [6, 6.07) is 18.8. The minimum Gasteiger partial charge on any atom is -0.497 e. The van der Waals surface area contributed by atoms with Crippen molar-refractivity contribution in [3.63, 3.8) is 0 Å².